The van der Waals surface area contributed by atoms with Gasteiger partial charge in [0.2, 0.25) is 0 Å². The van der Waals surface area contributed by atoms with Gasteiger partial charge in [0.15, 0.2) is 0 Å². The molecule has 3 heterocycles. The summed E-state index contributed by atoms with van der Waals surface area (Å²) >= 11 is 0. The van der Waals surface area contributed by atoms with Gasteiger partial charge < -0.3 is 21.1 Å². The maximum atomic E-state index is 12.4. The van der Waals surface area contributed by atoms with E-state index in [2.05, 4.69) is 32.1 Å². The molecule has 0 unspecified atom stereocenters. The Morgan fingerprint density at radius 3 is 2.59 bits per heavy atom. The van der Waals surface area contributed by atoms with Crippen LogP contribution in [-0.4, -0.2) is 50.8 Å². The number of carbonyl (C=O) groups is 2. The summed E-state index contributed by atoms with van der Waals surface area (Å²) in [7, 11) is 1.57. The summed E-state index contributed by atoms with van der Waals surface area (Å²) in [4.78, 5) is 27.8. The van der Waals surface area contributed by atoms with Crippen molar-refractivity contribution in [1.29, 1.82) is 5.26 Å². The van der Waals surface area contributed by atoms with Gasteiger partial charge in [0.1, 0.15) is 6.07 Å². The standard InChI is InChI=1S/C22H23N7O3/c1-24-21(30)17-12-25-19(20-7-6-16-8-13(10-23)11-26-29(16)20)9-18(17)27-14-2-4-15(5-3-14)28-22(31)32/h6-9,11-12,14-15,28H,2-5H2,1H3,(H,24,30)(H,25,27)(H,31,32). The van der Waals surface area contributed by atoms with E-state index in [-0.39, 0.29) is 18.0 Å². The molecule has 0 spiro atoms. The van der Waals surface area contributed by atoms with Gasteiger partial charge in [0, 0.05) is 25.3 Å². The highest BCUT2D eigenvalue weighted by Crippen LogP contribution is 2.28. The number of nitrogens with one attached hydrogen (secondary N) is 3. The highest BCUT2D eigenvalue weighted by molar-refractivity contribution is 5.99. The molecule has 2 amide bonds. The molecule has 4 N–H and O–H groups in total. The topological polar surface area (TPSA) is 144 Å². The number of hydrogen-bond acceptors (Lipinski definition) is 6. The molecule has 0 bridgehead atoms. The molecule has 10 nitrogen and oxygen atoms in total. The highest BCUT2D eigenvalue weighted by Gasteiger charge is 2.24. The second kappa shape index (κ2) is 8.93. The van der Waals surface area contributed by atoms with Crippen LogP contribution in [-0.2, 0) is 0 Å². The summed E-state index contributed by atoms with van der Waals surface area (Å²) in [6, 6.07) is 9.45. The maximum absolute atomic E-state index is 12.4. The fourth-order valence-electron chi connectivity index (χ4n) is 4.06. The van der Waals surface area contributed by atoms with Crippen molar-refractivity contribution in [3.05, 3.63) is 47.8 Å². The molecule has 0 atom stereocenters. The third-order valence-corrected chi connectivity index (χ3v) is 5.68. The van der Waals surface area contributed by atoms with E-state index in [1.165, 1.54) is 12.4 Å². The Balaban J connectivity index is 1.62. The smallest absolute Gasteiger partial charge is 0.404 e. The Kier molecular flexibility index (Phi) is 5.89. The molecule has 1 fully saturated rings. The minimum atomic E-state index is -1.00. The van der Waals surface area contributed by atoms with Crippen LogP contribution < -0.4 is 16.0 Å². The fourth-order valence-corrected chi connectivity index (χ4v) is 4.06. The Morgan fingerprint density at radius 1 is 1.16 bits per heavy atom. The summed E-state index contributed by atoms with van der Waals surface area (Å²) in [5, 5.41) is 31.0. The average molecular weight is 433 g/mol. The van der Waals surface area contributed by atoms with Crippen molar-refractivity contribution in [3.8, 4) is 17.5 Å². The number of nitriles is 1. The lowest BCUT2D eigenvalue weighted by molar-refractivity contribution is 0.0963. The Labute approximate surface area is 184 Å². The summed E-state index contributed by atoms with van der Waals surface area (Å²) in [6.45, 7) is 0. The number of pyridine rings is 1. The molecule has 0 saturated heterocycles. The number of amides is 2. The van der Waals surface area contributed by atoms with Gasteiger partial charge in [0.05, 0.1) is 39.9 Å². The van der Waals surface area contributed by atoms with Crippen LogP contribution in [0.5, 0.6) is 0 Å². The summed E-state index contributed by atoms with van der Waals surface area (Å²) in [5.41, 5.74) is 3.72. The van der Waals surface area contributed by atoms with Gasteiger partial charge in [-0.15, -0.1) is 0 Å². The molecule has 0 aromatic carbocycles. The van der Waals surface area contributed by atoms with Gasteiger partial charge >= 0.3 is 6.09 Å². The zero-order valence-corrected chi connectivity index (χ0v) is 17.5. The Bertz CT molecular complexity index is 1210. The van der Waals surface area contributed by atoms with Crippen molar-refractivity contribution in [2.24, 2.45) is 0 Å². The predicted octanol–water partition coefficient (Wildman–Crippen LogP) is 2.62. The van der Waals surface area contributed by atoms with Crippen molar-refractivity contribution >= 4 is 23.2 Å². The number of nitrogens with zero attached hydrogens (tertiary/aromatic N) is 4. The minimum Gasteiger partial charge on any atom is -0.465 e. The number of fused-ring (bicyclic) bond motifs is 1. The Morgan fingerprint density at radius 2 is 1.91 bits per heavy atom. The van der Waals surface area contributed by atoms with Crippen molar-refractivity contribution in [1.82, 2.24) is 25.2 Å². The van der Waals surface area contributed by atoms with Crippen LogP contribution in [0.4, 0.5) is 10.5 Å². The predicted molar refractivity (Wildman–Crippen MR) is 117 cm³/mol. The van der Waals surface area contributed by atoms with Crippen LogP contribution in [0.1, 0.15) is 41.6 Å². The van der Waals surface area contributed by atoms with Crippen molar-refractivity contribution in [2.45, 2.75) is 37.8 Å². The molecule has 0 aliphatic heterocycles. The third-order valence-electron chi connectivity index (χ3n) is 5.68. The second-order valence-corrected chi connectivity index (χ2v) is 7.75. The van der Waals surface area contributed by atoms with Gasteiger partial charge in [-0.25, -0.2) is 9.31 Å². The van der Waals surface area contributed by atoms with Crippen LogP contribution in [0.15, 0.2) is 36.7 Å². The molecule has 10 heteroatoms. The monoisotopic (exact) mass is 433 g/mol. The van der Waals surface area contributed by atoms with Crippen molar-refractivity contribution in [3.63, 3.8) is 0 Å². The first-order valence-electron chi connectivity index (χ1n) is 10.3. The molecular formula is C22H23N7O3. The van der Waals surface area contributed by atoms with Crippen LogP contribution >= 0.6 is 0 Å². The highest BCUT2D eigenvalue weighted by atomic mass is 16.4. The summed E-state index contributed by atoms with van der Waals surface area (Å²) < 4.78 is 1.70. The molecule has 0 radical (unpaired) electrons. The van der Waals surface area contributed by atoms with E-state index in [1.807, 2.05) is 18.2 Å². The van der Waals surface area contributed by atoms with Gasteiger partial charge in [-0.3, -0.25) is 9.78 Å². The first kappa shape index (κ1) is 21.1. The lowest BCUT2D eigenvalue weighted by atomic mass is 9.91. The third kappa shape index (κ3) is 4.32. The first-order valence-corrected chi connectivity index (χ1v) is 10.3. The fraction of sp³-hybridized carbons (Fsp3) is 0.318. The van der Waals surface area contributed by atoms with Crippen molar-refractivity contribution < 1.29 is 14.7 Å². The molecule has 4 rings (SSSR count). The quantitative estimate of drug-likeness (QED) is 0.484. The van der Waals surface area contributed by atoms with E-state index < -0.39 is 6.09 Å². The van der Waals surface area contributed by atoms with Gasteiger partial charge in [0.25, 0.3) is 5.91 Å². The van der Waals surface area contributed by atoms with E-state index in [0.29, 0.717) is 22.5 Å². The second-order valence-electron chi connectivity index (χ2n) is 7.75. The molecule has 1 aliphatic rings. The summed E-state index contributed by atoms with van der Waals surface area (Å²) in [5.74, 6) is -0.246. The molecule has 3 aromatic heterocycles. The zero-order valence-electron chi connectivity index (χ0n) is 17.5. The van der Waals surface area contributed by atoms with Crippen molar-refractivity contribution in [2.75, 3.05) is 12.4 Å². The number of carboxylic acid groups (broad SMARTS) is 1. The normalized spacial score (nSPS) is 18.0. The number of anilines is 1. The SMILES string of the molecule is CNC(=O)c1cnc(-c2ccc3cc(C#N)cnn23)cc1NC1CCC(NC(=O)O)CC1. The largest absolute Gasteiger partial charge is 0.465 e. The molecule has 32 heavy (non-hydrogen) atoms. The van der Waals surface area contributed by atoms with Gasteiger partial charge in [-0.2, -0.15) is 10.4 Å². The minimum absolute atomic E-state index is 0.0478. The number of rotatable bonds is 5. The zero-order chi connectivity index (χ0) is 22.7. The van der Waals surface area contributed by atoms with Crippen LogP contribution in [0.2, 0.25) is 0 Å². The molecular weight excluding hydrogens is 410 g/mol. The molecule has 1 saturated carbocycles. The van der Waals surface area contributed by atoms with Crippen LogP contribution in [0.3, 0.4) is 0 Å². The van der Waals surface area contributed by atoms with Crippen LogP contribution in [0, 0.1) is 11.3 Å². The first-order chi connectivity index (χ1) is 15.5. The van der Waals surface area contributed by atoms with Crippen LogP contribution in [0.25, 0.3) is 16.9 Å². The Hall–Kier alpha value is -4.13. The number of aromatic nitrogens is 3. The van der Waals surface area contributed by atoms with E-state index in [0.717, 1.165) is 36.9 Å². The summed E-state index contributed by atoms with van der Waals surface area (Å²) in [6.07, 6.45) is 5.05. The molecule has 1 aliphatic carbocycles. The maximum Gasteiger partial charge on any atom is 0.404 e. The van der Waals surface area contributed by atoms with E-state index in [4.69, 9.17) is 10.4 Å². The van der Waals surface area contributed by atoms with E-state index in [1.54, 1.807) is 17.6 Å². The average Bonchev–Trinajstić information content (AvgIpc) is 3.22. The number of carbonyl (C=O) groups excluding carboxylic acids is 1. The molecule has 164 valence electrons. The number of hydrogen-bond donors (Lipinski definition) is 4. The van der Waals surface area contributed by atoms with Gasteiger partial charge in [-0.1, -0.05) is 0 Å². The lowest BCUT2D eigenvalue weighted by Gasteiger charge is -2.30. The molecule has 3 aromatic rings. The lowest BCUT2D eigenvalue weighted by Crippen LogP contribution is -2.39. The van der Waals surface area contributed by atoms with Gasteiger partial charge in [-0.05, 0) is 49.9 Å². The van der Waals surface area contributed by atoms with E-state index >= 15 is 0 Å². The van der Waals surface area contributed by atoms with E-state index in [9.17, 15) is 9.59 Å².